The number of aryl methyl sites for hydroxylation is 1. The van der Waals surface area contributed by atoms with Gasteiger partial charge in [-0.1, -0.05) is 36.4 Å². The van der Waals surface area contributed by atoms with E-state index in [2.05, 4.69) is 0 Å². The van der Waals surface area contributed by atoms with Crippen molar-refractivity contribution in [3.8, 4) is 16.9 Å². The SMILES string of the molecule is CC(CCc1ccc(-c2ccc(OCCCN)cc2)cc1)(C(=O)NO)S(C)(=O)=O. The molecule has 2 aromatic carbocycles. The van der Waals surface area contributed by atoms with Crippen LogP contribution in [0.4, 0.5) is 0 Å². The van der Waals surface area contributed by atoms with Crippen molar-refractivity contribution < 1.29 is 23.2 Å². The zero-order chi connectivity index (χ0) is 21.5. The summed E-state index contributed by atoms with van der Waals surface area (Å²) in [4.78, 5) is 11.9. The van der Waals surface area contributed by atoms with E-state index in [1.807, 2.05) is 48.5 Å². The number of hydrogen-bond acceptors (Lipinski definition) is 6. The molecule has 7 nitrogen and oxygen atoms in total. The largest absolute Gasteiger partial charge is 0.494 e. The summed E-state index contributed by atoms with van der Waals surface area (Å²) in [5.41, 5.74) is 9.86. The minimum absolute atomic E-state index is 0.0619. The first kappa shape index (κ1) is 22.9. The average Bonchev–Trinajstić information content (AvgIpc) is 2.71. The molecular weight excluding hydrogens is 392 g/mol. The van der Waals surface area contributed by atoms with Crippen LogP contribution in [0.1, 0.15) is 25.3 Å². The fraction of sp³-hybridized carbons (Fsp3) is 0.381. The summed E-state index contributed by atoms with van der Waals surface area (Å²) in [5.74, 6) is -0.133. The molecule has 1 atom stereocenters. The maximum Gasteiger partial charge on any atom is 0.264 e. The summed E-state index contributed by atoms with van der Waals surface area (Å²) in [7, 11) is -3.70. The van der Waals surface area contributed by atoms with E-state index in [4.69, 9.17) is 15.7 Å². The van der Waals surface area contributed by atoms with E-state index in [0.717, 1.165) is 35.1 Å². The van der Waals surface area contributed by atoms with Crippen molar-refractivity contribution in [3.05, 3.63) is 54.1 Å². The molecule has 2 rings (SSSR count). The highest BCUT2D eigenvalue weighted by atomic mass is 32.2. The fourth-order valence-electron chi connectivity index (χ4n) is 2.85. The summed E-state index contributed by atoms with van der Waals surface area (Å²) < 4.78 is 28.0. The van der Waals surface area contributed by atoms with Gasteiger partial charge in [0.05, 0.1) is 6.61 Å². The highest BCUT2D eigenvalue weighted by Crippen LogP contribution is 2.26. The summed E-state index contributed by atoms with van der Waals surface area (Å²) in [6.45, 7) is 2.50. The van der Waals surface area contributed by atoms with Gasteiger partial charge in [-0.05, 0) is 61.6 Å². The lowest BCUT2D eigenvalue weighted by molar-refractivity contribution is -0.131. The molecule has 0 saturated heterocycles. The molecule has 8 heteroatoms. The molecule has 158 valence electrons. The maximum atomic E-state index is 12.0. The van der Waals surface area contributed by atoms with Crippen LogP contribution in [0.5, 0.6) is 5.75 Å². The van der Waals surface area contributed by atoms with Gasteiger partial charge in [0.2, 0.25) is 0 Å². The van der Waals surface area contributed by atoms with Gasteiger partial charge in [0.1, 0.15) is 10.5 Å². The molecule has 0 saturated carbocycles. The Bertz CT molecular complexity index is 911. The highest BCUT2D eigenvalue weighted by molar-refractivity contribution is 7.92. The number of hydroxylamine groups is 1. The number of hydrogen-bond donors (Lipinski definition) is 3. The van der Waals surface area contributed by atoms with E-state index in [0.29, 0.717) is 19.6 Å². The summed E-state index contributed by atoms with van der Waals surface area (Å²) in [6.07, 6.45) is 2.24. The predicted molar refractivity (Wildman–Crippen MR) is 113 cm³/mol. The van der Waals surface area contributed by atoms with Crippen LogP contribution >= 0.6 is 0 Å². The Morgan fingerprint density at radius 1 is 1.10 bits per heavy atom. The minimum atomic E-state index is -3.70. The van der Waals surface area contributed by atoms with Crippen molar-refractivity contribution >= 4 is 15.7 Å². The Kier molecular flexibility index (Phi) is 7.78. The molecule has 0 spiro atoms. The first-order chi connectivity index (χ1) is 13.7. The number of sulfone groups is 1. The Labute approximate surface area is 171 Å². The van der Waals surface area contributed by atoms with Crippen LogP contribution in [0, 0.1) is 0 Å². The van der Waals surface area contributed by atoms with Gasteiger partial charge in [0, 0.05) is 6.26 Å². The van der Waals surface area contributed by atoms with Crippen LogP contribution in [-0.2, 0) is 21.1 Å². The number of nitrogens with one attached hydrogen (secondary N) is 1. The standard InChI is InChI=1S/C21H28N2O5S/c1-21(20(24)23-25,29(2,26)27)13-12-16-4-6-17(7-5-16)18-8-10-19(11-9-18)28-15-3-14-22/h4-11,25H,3,12-15,22H2,1-2H3,(H,23,24). The van der Waals surface area contributed by atoms with Gasteiger partial charge in [0.15, 0.2) is 9.84 Å². The van der Waals surface area contributed by atoms with Gasteiger partial charge in [0.25, 0.3) is 5.91 Å². The van der Waals surface area contributed by atoms with Crippen molar-refractivity contribution in [2.75, 3.05) is 19.4 Å². The number of amides is 1. The molecule has 1 amide bonds. The smallest absolute Gasteiger partial charge is 0.264 e. The molecule has 0 fully saturated rings. The van der Waals surface area contributed by atoms with E-state index in [-0.39, 0.29) is 6.42 Å². The second-order valence-electron chi connectivity index (χ2n) is 7.16. The molecule has 0 aliphatic heterocycles. The second kappa shape index (κ2) is 9.87. The molecular formula is C21H28N2O5S. The molecule has 0 radical (unpaired) electrons. The third-order valence-electron chi connectivity index (χ3n) is 5.05. The molecule has 2 aromatic rings. The van der Waals surface area contributed by atoms with Gasteiger partial charge in [-0.25, -0.2) is 13.9 Å². The van der Waals surface area contributed by atoms with Crippen LogP contribution in [0.15, 0.2) is 48.5 Å². The maximum absolute atomic E-state index is 12.0. The number of carbonyl (C=O) groups excluding carboxylic acids is 1. The lowest BCUT2D eigenvalue weighted by Crippen LogP contribution is -2.49. The van der Waals surface area contributed by atoms with E-state index < -0.39 is 20.5 Å². The van der Waals surface area contributed by atoms with E-state index in [1.165, 1.54) is 12.4 Å². The summed E-state index contributed by atoms with van der Waals surface area (Å²) >= 11 is 0. The molecule has 1 unspecified atom stereocenters. The van der Waals surface area contributed by atoms with Crippen LogP contribution in [-0.4, -0.2) is 43.7 Å². The third-order valence-corrected chi connectivity index (χ3v) is 7.08. The monoisotopic (exact) mass is 420 g/mol. The summed E-state index contributed by atoms with van der Waals surface area (Å²) in [6, 6.07) is 15.5. The molecule has 0 aromatic heterocycles. The molecule has 0 aliphatic rings. The number of nitrogens with two attached hydrogens (primary N) is 1. The van der Waals surface area contributed by atoms with Crippen LogP contribution in [0.2, 0.25) is 0 Å². The Hall–Kier alpha value is -2.42. The van der Waals surface area contributed by atoms with Crippen molar-refractivity contribution in [3.63, 3.8) is 0 Å². The van der Waals surface area contributed by atoms with E-state index in [9.17, 15) is 13.2 Å². The number of rotatable bonds is 10. The minimum Gasteiger partial charge on any atom is -0.494 e. The molecule has 4 N–H and O–H groups in total. The normalized spacial score (nSPS) is 13.5. The number of carbonyl (C=O) groups is 1. The third kappa shape index (κ3) is 5.79. The quantitative estimate of drug-likeness (QED) is 0.308. The fourth-order valence-corrected chi connectivity index (χ4v) is 3.70. The molecule has 0 heterocycles. The van der Waals surface area contributed by atoms with Crippen LogP contribution in [0.25, 0.3) is 11.1 Å². The Morgan fingerprint density at radius 3 is 2.14 bits per heavy atom. The van der Waals surface area contributed by atoms with Gasteiger partial charge >= 0.3 is 0 Å². The van der Waals surface area contributed by atoms with Crippen LogP contribution in [0.3, 0.4) is 0 Å². The Morgan fingerprint density at radius 2 is 1.66 bits per heavy atom. The molecule has 0 bridgehead atoms. The first-order valence-corrected chi connectivity index (χ1v) is 11.3. The highest BCUT2D eigenvalue weighted by Gasteiger charge is 2.43. The second-order valence-corrected chi connectivity index (χ2v) is 9.60. The topological polar surface area (TPSA) is 119 Å². The van der Waals surface area contributed by atoms with Gasteiger partial charge in [-0.3, -0.25) is 10.0 Å². The lowest BCUT2D eigenvalue weighted by Gasteiger charge is -2.25. The molecule has 29 heavy (non-hydrogen) atoms. The van der Waals surface area contributed by atoms with Crippen molar-refractivity contribution in [1.82, 2.24) is 5.48 Å². The Balaban J connectivity index is 2.05. The van der Waals surface area contributed by atoms with Gasteiger partial charge in [-0.2, -0.15) is 0 Å². The van der Waals surface area contributed by atoms with Crippen molar-refractivity contribution in [2.24, 2.45) is 5.73 Å². The zero-order valence-corrected chi connectivity index (χ0v) is 17.5. The van der Waals surface area contributed by atoms with Crippen molar-refractivity contribution in [2.45, 2.75) is 30.9 Å². The van der Waals surface area contributed by atoms with Gasteiger partial charge in [-0.15, -0.1) is 0 Å². The van der Waals surface area contributed by atoms with E-state index >= 15 is 0 Å². The first-order valence-electron chi connectivity index (χ1n) is 9.37. The van der Waals surface area contributed by atoms with Crippen molar-refractivity contribution in [1.29, 1.82) is 0 Å². The zero-order valence-electron chi connectivity index (χ0n) is 16.7. The number of ether oxygens (including phenoxy) is 1. The van der Waals surface area contributed by atoms with Gasteiger partial charge < -0.3 is 10.5 Å². The predicted octanol–water partition coefficient (Wildman–Crippen LogP) is 2.32. The summed E-state index contributed by atoms with van der Waals surface area (Å²) in [5, 5.41) is 8.89. The number of benzene rings is 2. The molecule has 0 aliphatic carbocycles. The van der Waals surface area contributed by atoms with E-state index in [1.54, 1.807) is 0 Å². The lowest BCUT2D eigenvalue weighted by atomic mass is 9.97. The van der Waals surface area contributed by atoms with Crippen LogP contribution < -0.4 is 16.0 Å². The average molecular weight is 421 g/mol.